The van der Waals surface area contributed by atoms with Gasteiger partial charge in [0.05, 0.1) is 5.56 Å². The van der Waals surface area contributed by atoms with Gasteiger partial charge in [0.25, 0.3) is 15.9 Å². The Kier molecular flexibility index (Phi) is 3.27. The van der Waals surface area contributed by atoms with E-state index in [-0.39, 0.29) is 10.7 Å². The zero-order valence-corrected chi connectivity index (χ0v) is 11.4. The van der Waals surface area contributed by atoms with Gasteiger partial charge in [-0.2, -0.15) is 11.3 Å². The Balaban J connectivity index is 2.28. The lowest BCUT2D eigenvalue weighted by atomic mass is 10.3. The number of carbonyl (C=O) groups excluding carboxylic acids is 1. The van der Waals surface area contributed by atoms with E-state index in [1.165, 1.54) is 24.3 Å². The van der Waals surface area contributed by atoms with Crippen LogP contribution < -0.4 is 4.72 Å². The molecule has 0 aliphatic carbocycles. The molecule has 0 fully saturated rings. The first-order valence-corrected chi connectivity index (χ1v) is 7.49. The van der Waals surface area contributed by atoms with Gasteiger partial charge >= 0.3 is 0 Å². The number of hydrogen-bond acceptors (Lipinski definition) is 5. The number of hydrogen-bond donors (Lipinski definition) is 1. The van der Waals surface area contributed by atoms with E-state index in [4.69, 9.17) is 4.42 Å². The largest absolute Gasteiger partial charge is 0.465 e. The number of sulfonamides is 1. The molecule has 0 aliphatic rings. The van der Waals surface area contributed by atoms with Crippen molar-refractivity contribution in [2.75, 3.05) is 0 Å². The Labute approximate surface area is 108 Å². The normalized spacial score (nSPS) is 11.4. The molecule has 18 heavy (non-hydrogen) atoms. The average molecular weight is 285 g/mol. The Morgan fingerprint density at radius 1 is 1.39 bits per heavy atom. The van der Waals surface area contributed by atoms with Crippen molar-refractivity contribution < 1.29 is 17.6 Å². The molecule has 5 nitrogen and oxygen atoms in total. The second-order valence-electron chi connectivity index (χ2n) is 3.72. The molecule has 0 bridgehead atoms. The molecular formula is C11H11NO4S2. The third kappa shape index (κ3) is 2.46. The first kappa shape index (κ1) is 12.8. The average Bonchev–Trinajstić information content (AvgIpc) is 2.86. The predicted molar refractivity (Wildman–Crippen MR) is 67.2 cm³/mol. The van der Waals surface area contributed by atoms with Gasteiger partial charge in [0.2, 0.25) is 0 Å². The molecule has 1 N–H and O–H groups in total. The Hall–Kier alpha value is -1.60. The summed E-state index contributed by atoms with van der Waals surface area (Å²) in [6.45, 7) is 3.18. The fraction of sp³-hybridized carbons (Fsp3) is 0.182. The topological polar surface area (TPSA) is 76.4 Å². The van der Waals surface area contributed by atoms with Crippen LogP contribution in [-0.2, 0) is 10.0 Å². The monoisotopic (exact) mass is 285 g/mol. The second-order valence-corrected chi connectivity index (χ2v) is 6.15. The molecule has 0 saturated carbocycles. The van der Waals surface area contributed by atoms with Crippen molar-refractivity contribution in [2.24, 2.45) is 0 Å². The summed E-state index contributed by atoms with van der Waals surface area (Å²) in [6, 6.07) is 2.95. The van der Waals surface area contributed by atoms with Gasteiger partial charge in [-0.05, 0) is 25.3 Å². The van der Waals surface area contributed by atoms with Gasteiger partial charge in [0, 0.05) is 11.4 Å². The Morgan fingerprint density at radius 2 is 2.11 bits per heavy atom. The molecule has 0 radical (unpaired) electrons. The van der Waals surface area contributed by atoms with Crippen LogP contribution in [0.25, 0.3) is 0 Å². The molecule has 0 unspecified atom stereocenters. The van der Waals surface area contributed by atoms with Gasteiger partial charge in [-0.15, -0.1) is 0 Å². The van der Waals surface area contributed by atoms with Crippen LogP contribution >= 0.6 is 11.3 Å². The van der Waals surface area contributed by atoms with Crippen molar-refractivity contribution in [2.45, 2.75) is 18.7 Å². The molecule has 1 amide bonds. The van der Waals surface area contributed by atoms with Crippen molar-refractivity contribution in [3.63, 3.8) is 0 Å². The zero-order chi connectivity index (χ0) is 13.3. The molecule has 7 heteroatoms. The van der Waals surface area contributed by atoms with E-state index in [2.05, 4.69) is 0 Å². The van der Waals surface area contributed by atoms with E-state index in [1.807, 2.05) is 4.72 Å². The van der Waals surface area contributed by atoms with Crippen LogP contribution in [0.2, 0.25) is 0 Å². The van der Waals surface area contributed by atoms with Gasteiger partial charge in [-0.25, -0.2) is 13.1 Å². The summed E-state index contributed by atoms with van der Waals surface area (Å²) in [7, 11) is -3.88. The van der Waals surface area contributed by atoms with Crippen molar-refractivity contribution in [3.05, 3.63) is 40.0 Å². The number of rotatable bonds is 3. The highest BCUT2D eigenvalue weighted by Crippen LogP contribution is 2.19. The highest BCUT2D eigenvalue weighted by Gasteiger charge is 2.23. The standard InChI is InChI=1S/C11H11NO4S2/c1-7-5-10(8(2)16-7)18(14,15)12-11(13)9-3-4-17-6-9/h3-6H,1-2H3,(H,12,13). The number of furan rings is 1. The predicted octanol–water partition coefficient (Wildman–Crippen LogP) is 2.08. The number of thiophene rings is 1. The van der Waals surface area contributed by atoms with Crippen molar-refractivity contribution in [3.8, 4) is 0 Å². The van der Waals surface area contributed by atoms with Gasteiger partial charge in [0.15, 0.2) is 0 Å². The van der Waals surface area contributed by atoms with Crippen molar-refractivity contribution in [1.29, 1.82) is 0 Å². The lowest BCUT2D eigenvalue weighted by Crippen LogP contribution is -2.30. The highest BCUT2D eigenvalue weighted by molar-refractivity contribution is 7.90. The fourth-order valence-corrected chi connectivity index (χ4v) is 3.35. The number of amides is 1. The third-order valence-corrected chi connectivity index (χ3v) is 4.42. The molecule has 0 aliphatic heterocycles. The van der Waals surface area contributed by atoms with Crippen LogP contribution in [0.4, 0.5) is 0 Å². The van der Waals surface area contributed by atoms with Crippen LogP contribution in [-0.4, -0.2) is 14.3 Å². The quantitative estimate of drug-likeness (QED) is 0.936. The minimum atomic E-state index is -3.88. The van der Waals surface area contributed by atoms with Crippen LogP contribution in [0.1, 0.15) is 21.9 Å². The van der Waals surface area contributed by atoms with Crippen molar-refractivity contribution in [1.82, 2.24) is 4.72 Å². The fourth-order valence-electron chi connectivity index (χ4n) is 1.50. The first-order chi connectivity index (χ1) is 8.40. The molecule has 2 aromatic heterocycles. The molecule has 0 spiro atoms. The third-order valence-electron chi connectivity index (χ3n) is 2.30. The molecule has 0 saturated heterocycles. The highest BCUT2D eigenvalue weighted by atomic mass is 32.2. The smallest absolute Gasteiger partial charge is 0.267 e. The van der Waals surface area contributed by atoms with Gasteiger partial charge in [-0.1, -0.05) is 0 Å². The minimum absolute atomic E-state index is 0.0106. The number of nitrogens with one attached hydrogen (secondary N) is 1. The van der Waals surface area contributed by atoms with Gasteiger partial charge in [0.1, 0.15) is 16.4 Å². The van der Waals surface area contributed by atoms with Crippen LogP contribution in [0, 0.1) is 13.8 Å². The summed E-state index contributed by atoms with van der Waals surface area (Å²) < 4.78 is 31.1. The summed E-state index contributed by atoms with van der Waals surface area (Å²) in [6.07, 6.45) is 0. The summed E-state index contributed by atoms with van der Waals surface area (Å²) in [4.78, 5) is 11.7. The molecule has 2 heterocycles. The SMILES string of the molecule is Cc1cc(S(=O)(=O)NC(=O)c2ccsc2)c(C)o1. The summed E-state index contributed by atoms with van der Waals surface area (Å²) in [5, 5.41) is 3.28. The van der Waals surface area contributed by atoms with Gasteiger partial charge < -0.3 is 4.42 Å². The minimum Gasteiger partial charge on any atom is -0.465 e. The summed E-state index contributed by atoms with van der Waals surface area (Å²) in [5.74, 6) is 0.100. The summed E-state index contributed by atoms with van der Waals surface area (Å²) >= 11 is 1.32. The van der Waals surface area contributed by atoms with E-state index < -0.39 is 15.9 Å². The molecule has 96 valence electrons. The summed E-state index contributed by atoms with van der Waals surface area (Å²) in [5.41, 5.74) is 0.321. The van der Waals surface area contributed by atoms with E-state index in [9.17, 15) is 13.2 Å². The van der Waals surface area contributed by atoms with Crippen LogP contribution in [0.15, 0.2) is 32.2 Å². The maximum Gasteiger partial charge on any atom is 0.267 e. The molecule has 0 aromatic carbocycles. The number of aryl methyl sites for hydroxylation is 2. The van der Waals surface area contributed by atoms with E-state index in [0.717, 1.165) is 0 Å². The first-order valence-electron chi connectivity index (χ1n) is 5.06. The lowest BCUT2D eigenvalue weighted by molar-refractivity contribution is 0.0982. The van der Waals surface area contributed by atoms with E-state index in [0.29, 0.717) is 11.3 Å². The second kappa shape index (κ2) is 4.58. The van der Waals surface area contributed by atoms with Crippen LogP contribution in [0.3, 0.4) is 0 Å². The molecule has 0 atom stereocenters. The zero-order valence-electron chi connectivity index (χ0n) is 9.76. The molecule has 2 rings (SSSR count). The Morgan fingerprint density at radius 3 is 2.61 bits per heavy atom. The van der Waals surface area contributed by atoms with E-state index in [1.54, 1.807) is 23.8 Å². The van der Waals surface area contributed by atoms with Crippen molar-refractivity contribution >= 4 is 27.3 Å². The van der Waals surface area contributed by atoms with E-state index >= 15 is 0 Å². The lowest BCUT2D eigenvalue weighted by Gasteiger charge is -2.04. The van der Waals surface area contributed by atoms with Gasteiger partial charge in [-0.3, -0.25) is 4.79 Å². The van der Waals surface area contributed by atoms with Crippen LogP contribution in [0.5, 0.6) is 0 Å². The molecule has 2 aromatic rings. The molecular weight excluding hydrogens is 274 g/mol. The maximum absolute atomic E-state index is 12.0. The maximum atomic E-state index is 12.0. The Bertz CT molecular complexity index is 668. The number of carbonyl (C=O) groups is 1.